The Morgan fingerprint density at radius 1 is 1.29 bits per heavy atom. The summed E-state index contributed by atoms with van der Waals surface area (Å²) < 4.78 is 11.3. The van der Waals surface area contributed by atoms with E-state index in [9.17, 15) is 9.90 Å². The zero-order chi connectivity index (χ0) is 14.8. The lowest BCUT2D eigenvalue weighted by atomic mass is 10.0. The molecule has 0 aliphatic carbocycles. The molecule has 1 aliphatic heterocycles. The summed E-state index contributed by atoms with van der Waals surface area (Å²) in [6.45, 7) is 0.880. The van der Waals surface area contributed by atoms with Crippen LogP contribution >= 0.6 is 0 Å². The van der Waals surface area contributed by atoms with Crippen LogP contribution in [0.15, 0.2) is 42.5 Å². The minimum absolute atomic E-state index is 0.00435. The van der Waals surface area contributed by atoms with E-state index in [-0.39, 0.29) is 22.9 Å². The first-order chi connectivity index (χ1) is 10.2. The Balaban J connectivity index is 1.78. The van der Waals surface area contributed by atoms with Gasteiger partial charge in [0.15, 0.2) is 0 Å². The number of hydrogen-bond donors (Lipinski definition) is 2. The van der Waals surface area contributed by atoms with E-state index >= 15 is 0 Å². The molecule has 0 aromatic heterocycles. The summed E-state index contributed by atoms with van der Waals surface area (Å²) in [7, 11) is 0. The zero-order valence-electron chi connectivity index (χ0n) is 11.3. The number of rotatable bonds is 4. The smallest absolute Gasteiger partial charge is 0.341 e. The van der Waals surface area contributed by atoms with Gasteiger partial charge in [-0.2, -0.15) is 0 Å². The predicted octanol–water partition coefficient (Wildman–Crippen LogP) is 2.52. The number of aromatic carboxylic acids is 1. The van der Waals surface area contributed by atoms with Gasteiger partial charge in [0, 0.05) is 11.3 Å². The molecule has 0 saturated heterocycles. The van der Waals surface area contributed by atoms with E-state index in [1.807, 2.05) is 24.3 Å². The minimum Gasteiger partial charge on any atom is -0.493 e. The Morgan fingerprint density at radius 3 is 2.90 bits per heavy atom. The van der Waals surface area contributed by atoms with Gasteiger partial charge in [0.2, 0.25) is 0 Å². The van der Waals surface area contributed by atoms with Crippen molar-refractivity contribution in [3.63, 3.8) is 0 Å². The molecule has 3 N–H and O–H groups in total. The molecule has 2 aromatic carbocycles. The first kappa shape index (κ1) is 13.3. The van der Waals surface area contributed by atoms with Gasteiger partial charge in [-0.05, 0) is 18.2 Å². The van der Waals surface area contributed by atoms with Gasteiger partial charge in [-0.1, -0.05) is 24.3 Å². The van der Waals surface area contributed by atoms with Gasteiger partial charge in [0.25, 0.3) is 0 Å². The van der Waals surface area contributed by atoms with E-state index in [2.05, 4.69) is 0 Å². The van der Waals surface area contributed by atoms with Crippen LogP contribution in [0.3, 0.4) is 0 Å². The summed E-state index contributed by atoms with van der Waals surface area (Å²) in [6, 6.07) is 12.6. The van der Waals surface area contributed by atoms with Crippen molar-refractivity contribution in [1.82, 2.24) is 0 Å². The van der Waals surface area contributed by atoms with Crippen molar-refractivity contribution in [2.45, 2.75) is 5.92 Å². The first-order valence-corrected chi connectivity index (χ1v) is 6.63. The summed E-state index contributed by atoms with van der Waals surface area (Å²) in [5.41, 5.74) is 6.98. The van der Waals surface area contributed by atoms with Crippen molar-refractivity contribution in [2.24, 2.45) is 0 Å². The number of carbonyl (C=O) groups is 1. The molecule has 1 aliphatic rings. The van der Waals surface area contributed by atoms with Gasteiger partial charge >= 0.3 is 5.97 Å². The highest BCUT2D eigenvalue weighted by Gasteiger charge is 2.25. The Kier molecular flexibility index (Phi) is 3.39. The minimum atomic E-state index is -1.09. The second kappa shape index (κ2) is 5.36. The predicted molar refractivity (Wildman–Crippen MR) is 78.0 cm³/mol. The molecule has 0 radical (unpaired) electrons. The third-order valence-electron chi connectivity index (χ3n) is 3.51. The molecule has 0 spiro atoms. The number of para-hydroxylation sites is 1. The maximum atomic E-state index is 11.3. The van der Waals surface area contributed by atoms with Crippen molar-refractivity contribution in [2.75, 3.05) is 18.9 Å². The normalized spacial score (nSPS) is 16.1. The number of fused-ring (bicyclic) bond motifs is 1. The fraction of sp³-hybridized carbons (Fsp3) is 0.188. The summed E-state index contributed by atoms with van der Waals surface area (Å²) in [5, 5.41) is 9.21. The van der Waals surface area contributed by atoms with Gasteiger partial charge in [-0.3, -0.25) is 0 Å². The molecule has 108 valence electrons. The Labute approximate surface area is 121 Å². The molecular weight excluding hydrogens is 270 g/mol. The number of carboxylic acids is 1. The summed E-state index contributed by atoms with van der Waals surface area (Å²) >= 11 is 0. The molecule has 5 heteroatoms. The van der Waals surface area contributed by atoms with Crippen LogP contribution in [-0.2, 0) is 0 Å². The number of nitrogens with two attached hydrogens (primary N) is 1. The monoisotopic (exact) mass is 285 g/mol. The molecule has 1 unspecified atom stereocenters. The molecule has 21 heavy (non-hydrogen) atoms. The second-order valence-corrected chi connectivity index (χ2v) is 4.88. The summed E-state index contributed by atoms with van der Waals surface area (Å²) in [4.78, 5) is 11.3. The quantitative estimate of drug-likeness (QED) is 0.843. The van der Waals surface area contributed by atoms with Gasteiger partial charge < -0.3 is 20.3 Å². The van der Waals surface area contributed by atoms with Gasteiger partial charge in [0.05, 0.1) is 19.1 Å². The highest BCUT2D eigenvalue weighted by Crippen LogP contribution is 2.34. The largest absolute Gasteiger partial charge is 0.493 e. The number of ether oxygens (including phenoxy) is 2. The molecule has 3 rings (SSSR count). The maximum Gasteiger partial charge on any atom is 0.341 e. The third-order valence-corrected chi connectivity index (χ3v) is 3.51. The highest BCUT2D eigenvalue weighted by molar-refractivity contribution is 5.96. The lowest BCUT2D eigenvalue weighted by Gasteiger charge is -2.14. The van der Waals surface area contributed by atoms with Crippen LogP contribution in [0.5, 0.6) is 11.5 Å². The average Bonchev–Trinajstić information content (AvgIpc) is 2.88. The Hall–Kier alpha value is -2.69. The molecule has 0 bridgehead atoms. The molecule has 5 nitrogen and oxygen atoms in total. The number of anilines is 1. The molecular formula is C16H15NO4. The van der Waals surface area contributed by atoms with E-state index in [0.717, 1.165) is 11.3 Å². The van der Waals surface area contributed by atoms with Gasteiger partial charge in [-0.15, -0.1) is 0 Å². The number of benzene rings is 2. The van der Waals surface area contributed by atoms with Crippen LogP contribution in [0, 0.1) is 0 Å². The molecule has 2 aromatic rings. The molecule has 1 heterocycles. The second-order valence-electron chi connectivity index (χ2n) is 4.88. The highest BCUT2D eigenvalue weighted by atomic mass is 16.5. The van der Waals surface area contributed by atoms with E-state index in [1.54, 1.807) is 18.2 Å². The van der Waals surface area contributed by atoms with Crippen molar-refractivity contribution in [1.29, 1.82) is 0 Å². The van der Waals surface area contributed by atoms with E-state index in [1.165, 1.54) is 0 Å². The molecule has 0 saturated carbocycles. The fourth-order valence-corrected chi connectivity index (χ4v) is 2.45. The lowest BCUT2D eigenvalue weighted by Crippen LogP contribution is -2.14. The first-order valence-electron chi connectivity index (χ1n) is 6.63. The number of hydrogen-bond acceptors (Lipinski definition) is 4. The van der Waals surface area contributed by atoms with Crippen molar-refractivity contribution in [3.8, 4) is 11.5 Å². The third kappa shape index (κ3) is 2.50. The Bertz CT molecular complexity index is 684. The lowest BCUT2D eigenvalue weighted by molar-refractivity contribution is 0.0693. The van der Waals surface area contributed by atoms with Gasteiger partial charge in [0.1, 0.15) is 17.1 Å². The molecule has 0 amide bonds. The summed E-state index contributed by atoms with van der Waals surface area (Å²) in [6.07, 6.45) is 0. The molecule has 1 atom stereocenters. The fourth-order valence-electron chi connectivity index (χ4n) is 2.45. The van der Waals surface area contributed by atoms with Crippen LogP contribution in [0.25, 0.3) is 0 Å². The number of nitrogen functional groups attached to an aromatic ring is 1. The standard InChI is InChI=1S/C16H15NO4/c17-12-5-3-7-14(15(12)16(18)19)21-9-10-8-20-13-6-2-1-4-11(10)13/h1-7,10H,8-9,17H2,(H,18,19). The van der Waals surface area contributed by atoms with Crippen molar-refractivity contribution < 1.29 is 19.4 Å². The SMILES string of the molecule is Nc1cccc(OCC2COc3ccccc32)c1C(=O)O. The van der Waals surface area contributed by atoms with E-state index < -0.39 is 5.97 Å². The van der Waals surface area contributed by atoms with Crippen molar-refractivity contribution >= 4 is 11.7 Å². The van der Waals surface area contributed by atoms with Crippen LogP contribution in [-0.4, -0.2) is 24.3 Å². The van der Waals surface area contributed by atoms with Crippen molar-refractivity contribution in [3.05, 3.63) is 53.6 Å². The van der Waals surface area contributed by atoms with Crippen LogP contribution < -0.4 is 15.2 Å². The molecule has 0 fully saturated rings. The number of carboxylic acid groups (broad SMARTS) is 1. The van der Waals surface area contributed by atoms with Crippen LogP contribution in [0.1, 0.15) is 21.8 Å². The van der Waals surface area contributed by atoms with E-state index in [4.69, 9.17) is 15.2 Å². The average molecular weight is 285 g/mol. The van der Waals surface area contributed by atoms with Gasteiger partial charge in [-0.25, -0.2) is 4.79 Å². The summed E-state index contributed by atoms with van der Waals surface area (Å²) in [5.74, 6) is 0.138. The Morgan fingerprint density at radius 2 is 2.10 bits per heavy atom. The maximum absolute atomic E-state index is 11.3. The van der Waals surface area contributed by atoms with Crippen LogP contribution in [0.2, 0.25) is 0 Å². The zero-order valence-corrected chi connectivity index (χ0v) is 11.3. The van der Waals surface area contributed by atoms with Crippen LogP contribution in [0.4, 0.5) is 5.69 Å². The topological polar surface area (TPSA) is 81.8 Å². The van der Waals surface area contributed by atoms with E-state index in [0.29, 0.717) is 13.2 Å².